The number of ether oxygens (including phenoxy) is 1. The van der Waals surface area contributed by atoms with Crippen molar-refractivity contribution in [1.29, 1.82) is 0 Å². The van der Waals surface area contributed by atoms with Crippen LogP contribution in [0.25, 0.3) is 0 Å². The smallest absolute Gasteiger partial charge is 0.363 e. The van der Waals surface area contributed by atoms with Crippen LogP contribution in [-0.2, 0) is 0 Å². The molecule has 104 valence electrons. The molecule has 0 fully saturated rings. The number of aromatic amines is 1. The molecule has 0 atom stereocenters. The van der Waals surface area contributed by atoms with Crippen molar-refractivity contribution in [3.8, 4) is 5.75 Å². The fraction of sp³-hybridized carbons (Fsp3) is 0.231. The summed E-state index contributed by atoms with van der Waals surface area (Å²) in [5, 5.41) is 10.3. The van der Waals surface area contributed by atoms with Crippen LogP contribution in [0.1, 0.15) is 18.2 Å². The maximum atomic E-state index is 11.1. The predicted octanol–water partition coefficient (Wildman–Crippen LogP) is 1.32. The van der Waals surface area contributed by atoms with Crippen LogP contribution in [-0.4, -0.2) is 28.0 Å². The summed E-state index contributed by atoms with van der Waals surface area (Å²) in [5.41, 5.74) is 4.43. The van der Waals surface area contributed by atoms with Crippen LogP contribution < -0.4 is 15.9 Å². The molecular weight excluding hydrogens is 258 g/mol. The van der Waals surface area contributed by atoms with Crippen LogP contribution in [0.15, 0.2) is 34.2 Å². The summed E-state index contributed by atoms with van der Waals surface area (Å²) in [6, 6.07) is 7.53. The molecule has 0 amide bonds. The van der Waals surface area contributed by atoms with E-state index in [0.717, 1.165) is 17.0 Å². The second-order valence-corrected chi connectivity index (χ2v) is 4.12. The standard InChI is InChI=1S/C13H15N5O2/c1-8(10-5-4-6-11(7-10)20-3)15-17-12-9(2)16-18-13(19)14-12/h4-7H,1-3H3,(H2,14,17,18,19). The van der Waals surface area contributed by atoms with Gasteiger partial charge in [-0.05, 0) is 26.0 Å². The Morgan fingerprint density at radius 1 is 1.45 bits per heavy atom. The van der Waals surface area contributed by atoms with E-state index in [-0.39, 0.29) is 0 Å². The van der Waals surface area contributed by atoms with Gasteiger partial charge in [-0.1, -0.05) is 12.1 Å². The van der Waals surface area contributed by atoms with Crippen molar-refractivity contribution in [2.75, 3.05) is 12.5 Å². The molecule has 0 saturated heterocycles. The molecule has 0 spiro atoms. The summed E-state index contributed by atoms with van der Waals surface area (Å²) in [6.07, 6.45) is 0. The lowest BCUT2D eigenvalue weighted by molar-refractivity contribution is 0.414. The van der Waals surface area contributed by atoms with Gasteiger partial charge in [0.25, 0.3) is 0 Å². The van der Waals surface area contributed by atoms with E-state index >= 15 is 0 Å². The van der Waals surface area contributed by atoms with E-state index in [1.54, 1.807) is 14.0 Å². The Kier molecular flexibility index (Phi) is 4.09. The molecule has 0 radical (unpaired) electrons. The Bertz CT molecular complexity index is 693. The van der Waals surface area contributed by atoms with Gasteiger partial charge in [0.15, 0.2) is 5.82 Å². The van der Waals surface area contributed by atoms with E-state index < -0.39 is 5.69 Å². The van der Waals surface area contributed by atoms with Crippen LogP contribution in [0.2, 0.25) is 0 Å². The second kappa shape index (κ2) is 5.96. The van der Waals surface area contributed by atoms with E-state index in [1.165, 1.54) is 0 Å². The lowest BCUT2D eigenvalue weighted by Gasteiger charge is -2.05. The number of aromatic nitrogens is 3. The molecule has 0 aliphatic heterocycles. The molecule has 2 aromatic rings. The zero-order chi connectivity index (χ0) is 14.5. The SMILES string of the molecule is COc1cccc(C(C)=NNc2nc(=O)[nH]nc2C)c1. The number of hydrazone groups is 1. The van der Waals surface area contributed by atoms with Gasteiger partial charge in [0.2, 0.25) is 0 Å². The largest absolute Gasteiger partial charge is 0.497 e. The van der Waals surface area contributed by atoms with Gasteiger partial charge in [-0.25, -0.2) is 9.89 Å². The number of rotatable bonds is 4. The highest BCUT2D eigenvalue weighted by molar-refractivity contribution is 5.99. The maximum Gasteiger partial charge on any atom is 0.363 e. The summed E-state index contributed by atoms with van der Waals surface area (Å²) in [5.74, 6) is 1.08. The Hall–Kier alpha value is -2.70. The van der Waals surface area contributed by atoms with Gasteiger partial charge in [-0.3, -0.25) is 5.43 Å². The lowest BCUT2D eigenvalue weighted by atomic mass is 10.1. The molecule has 0 saturated carbocycles. The Balaban J connectivity index is 2.22. The van der Waals surface area contributed by atoms with Crippen LogP contribution in [0.4, 0.5) is 5.82 Å². The van der Waals surface area contributed by atoms with Crippen LogP contribution in [0, 0.1) is 6.92 Å². The third-order valence-electron chi connectivity index (χ3n) is 2.69. The topological polar surface area (TPSA) is 92.3 Å². The molecule has 7 nitrogen and oxygen atoms in total. The van der Waals surface area contributed by atoms with E-state index in [1.807, 2.05) is 31.2 Å². The number of nitrogens with one attached hydrogen (secondary N) is 2. The Morgan fingerprint density at radius 2 is 2.25 bits per heavy atom. The van der Waals surface area contributed by atoms with Gasteiger partial charge in [0, 0.05) is 5.56 Å². The second-order valence-electron chi connectivity index (χ2n) is 4.12. The average Bonchev–Trinajstić information content (AvgIpc) is 2.48. The summed E-state index contributed by atoms with van der Waals surface area (Å²) in [6.45, 7) is 3.57. The number of hydrogen-bond acceptors (Lipinski definition) is 6. The lowest BCUT2D eigenvalue weighted by Crippen LogP contribution is -2.16. The number of H-pyrrole nitrogens is 1. The van der Waals surface area contributed by atoms with Crippen molar-refractivity contribution in [2.24, 2.45) is 5.10 Å². The van der Waals surface area contributed by atoms with Crippen molar-refractivity contribution in [3.63, 3.8) is 0 Å². The van der Waals surface area contributed by atoms with E-state index in [4.69, 9.17) is 4.74 Å². The fourth-order valence-electron chi connectivity index (χ4n) is 1.55. The molecule has 2 rings (SSSR count). The van der Waals surface area contributed by atoms with Crippen molar-refractivity contribution in [1.82, 2.24) is 15.2 Å². The number of aryl methyl sites for hydroxylation is 1. The minimum absolute atomic E-state index is 0.330. The number of methoxy groups -OCH3 is 1. The first kappa shape index (κ1) is 13.7. The quantitative estimate of drug-likeness (QED) is 0.647. The van der Waals surface area contributed by atoms with Crippen molar-refractivity contribution in [2.45, 2.75) is 13.8 Å². The number of benzene rings is 1. The Labute approximate surface area is 115 Å². The summed E-state index contributed by atoms with van der Waals surface area (Å²) < 4.78 is 5.16. The molecule has 0 aliphatic carbocycles. The van der Waals surface area contributed by atoms with E-state index in [0.29, 0.717) is 11.5 Å². The third-order valence-corrected chi connectivity index (χ3v) is 2.69. The van der Waals surface area contributed by atoms with Crippen LogP contribution in [0.5, 0.6) is 5.75 Å². The molecule has 0 aliphatic rings. The van der Waals surface area contributed by atoms with Crippen molar-refractivity contribution in [3.05, 3.63) is 46.0 Å². The van der Waals surface area contributed by atoms with Gasteiger partial charge >= 0.3 is 5.69 Å². The van der Waals surface area contributed by atoms with Crippen LogP contribution >= 0.6 is 0 Å². The minimum atomic E-state index is -0.521. The molecule has 1 aromatic carbocycles. The average molecular weight is 273 g/mol. The molecular formula is C13H15N5O2. The predicted molar refractivity (Wildman–Crippen MR) is 76.2 cm³/mol. The normalized spacial score (nSPS) is 11.2. The van der Waals surface area contributed by atoms with E-state index in [9.17, 15) is 4.79 Å². The third kappa shape index (κ3) is 3.19. The molecule has 1 aromatic heterocycles. The first-order chi connectivity index (χ1) is 9.60. The molecule has 20 heavy (non-hydrogen) atoms. The van der Waals surface area contributed by atoms with Gasteiger partial charge in [0.05, 0.1) is 12.8 Å². The summed E-state index contributed by atoms with van der Waals surface area (Å²) >= 11 is 0. The first-order valence-electron chi connectivity index (χ1n) is 5.98. The van der Waals surface area contributed by atoms with Gasteiger partial charge in [0.1, 0.15) is 11.4 Å². The summed E-state index contributed by atoms with van der Waals surface area (Å²) in [4.78, 5) is 14.9. The number of hydrogen-bond donors (Lipinski definition) is 2. The molecule has 2 N–H and O–H groups in total. The minimum Gasteiger partial charge on any atom is -0.497 e. The van der Waals surface area contributed by atoms with Crippen molar-refractivity contribution >= 4 is 11.5 Å². The fourth-order valence-corrected chi connectivity index (χ4v) is 1.55. The molecule has 7 heteroatoms. The maximum absolute atomic E-state index is 11.1. The molecule has 1 heterocycles. The van der Waals surface area contributed by atoms with Gasteiger partial charge in [-0.2, -0.15) is 15.2 Å². The highest BCUT2D eigenvalue weighted by atomic mass is 16.5. The number of nitrogens with zero attached hydrogens (tertiary/aromatic N) is 3. The molecule has 0 bridgehead atoms. The van der Waals surface area contributed by atoms with Crippen LogP contribution in [0.3, 0.4) is 0 Å². The zero-order valence-corrected chi connectivity index (χ0v) is 11.5. The van der Waals surface area contributed by atoms with Gasteiger partial charge in [-0.15, -0.1) is 0 Å². The van der Waals surface area contributed by atoms with Crippen molar-refractivity contribution < 1.29 is 4.74 Å². The Morgan fingerprint density at radius 3 is 3.00 bits per heavy atom. The highest BCUT2D eigenvalue weighted by Crippen LogP contribution is 2.13. The zero-order valence-electron chi connectivity index (χ0n) is 11.5. The van der Waals surface area contributed by atoms with Gasteiger partial charge < -0.3 is 4.74 Å². The molecule has 0 unspecified atom stereocenters. The number of anilines is 1. The first-order valence-corrected chi connectivity index (χ1v) is 5.98. The van der Waals surface area contributed by atoms with E-state index in [2.05, 4.69) is 25.7 Å². The monoisotopic (exact) mass is 273 g/mol. The highest BCUT2D eigenvalue weighted by Gasteiger charge is 2.03. The summed E-state index contributed by atoms with van der Waals surface area (Å²) in [7, 11) is 1.61.